The van der Waals surface area contributed by atoms with Crippen LogP contribution >= 0.6 is 15.9 Å². The normalized spacial score (nSPS) is 10.6. The number of hydrogen-bond acceptors (Lipinski definition) is 2. The Hall–Kier alpha value is -2.27. The number of nitrogens with zero attached hydrogens (tertiary/aromatic N) is 1. The number of pyridine rings is 1. The molecule has 0 saturated carbocycles. The number of halogens is 2. The number of benzene rings is 2. The van der Waals surface area contributed by atoms with E-state index in [1.807, 2.05) is 30.3 Å². The summed E-state index contributed by atoms with van der Waals surface area (Å²) in [6.07, 6.45) is 1.58. The summed E-state index contributed by atoms with van der Waals surface area (Å²) in [5.74, 6) is -0.849. The lowest BCUT2D eigenvalue weighted by Crippen LogP contribution is -2.13. The molecule has 0 fully saturated rings. The van der Waals surface area contributed by atoms with Crippen LogP contribution in [0.1, 0.15) is 10.4 Å². The van der Waals surface area contributed by atoms with E-state index in [0.29, 0.717) is 10.2 Å². The van der Waals surface area contributed by atoms with Crippen LogP contribution in [-0.4, -0.2) is 10.9 Å². The molecule has 0 aliphatic carbocycles. The van der Waals surface area contributed by atoms with Gasteiger partial charge in [-0.15, -0.1) is 0 Å². The van der Waals surface area contributed by atoms with E-state index >= 15 is 0 Å². The van der Waals surface area contributed by atoms with Crippen molar-refractivity contribution in [3.8, 4) is 0 Å². The van der Waals surface area contributed by atoms with Gasteiger partial charge in [0.1, 0.15) is 5.82 Å². The van der Waals surface area contributed by atoms with Crippen LogP contribution in [0.5, 0.6) is 0 Å². The van der Waals surface area contributed by atoms with Gasteiger partial charge in [-0.1, -0.05) is 18.2 Å². The maximum Gasteiger partial charge on any atom is 0.256 e. The number of amides is 1. The van der Waals surface area contributed by atoms with Crippen molar-refractivity contribution in [2.24, 2.45) is 0 Å². The maximum absolute atomic E-state index is 13.2. The highest BCUT2D eigenvalue weighted by Crippen LogP contribution is 2.21. The summed E-state index contributed by atoms with van der Waals surface area (Å²) >= 11 is 3.24. The highest BCUT2D eigenvalue weighted by atomic mass is 79.9. The Morgan fingerprint density at radius 3 is 2.81 bits per heavy atom. The topological polar surface area (TPSA) is 42.0 Å². The number of fused-ring (bicyclic) bond motifs is 1. The van der Waals surface area contributed by atoms with Gasteiger partial charge in [-0.05, 0) is 46.3 Å². The van der Waals surface area contributed by atoms with Crippen molar-refractivity contribution >= 4 is 38.4 Å². The standard InChI is InChI=1S/C16H10BrFN2O/c17-14-6-5-11(18)8-13(14)16(21)20-12-7-10-3-1-2-4-15(10)19-9-12/h1-9H,(H,20,21). The lowest BCUT2D eigenvalue weighted by molar-refractivity contribution is 0.102. The van der Waals surface area contributed by atoms with Crippen LogP contribution in [0.2, 0.25) is 0 Å². The van der Waals surface area contributed by atoms with Gasteiger partial charge in [0, 0.05) is 9.86 Å². The molecule has 21 heavy (non-hydrogen) atoms. The molecule has 2 aromatic carbocycles. The van der Waals surface area contributed by atoms with Gasteiger partial charge in [0.15, 0.2) is 0 Å². The number of aromatic nitrogens is 1. The summed E-state index contributed by atoms with van der Waals surface area (Å²) in [5.41, 5.74) is 1.65. The van der Waals surface area contributed by atoms with E-state index in [4.69, 9.17) is 0 Å². The number of anilines is 1. The first kappa shape index (κ1) is 13.7. The van der Waals surface area contributed by atoms with Gasteiger partial charge >= 0.3 is 0 Å². The van der Waals surface area contributed by atoms with Gasteiger partial charge in [0.2, 0.25) is 0 Å². The monoisotopic (exact) mass is 344 g/mol. The van der Waals surface area contributed by atoms with Crippen LogP contribution in [0.3, 0.4) is 0 Å². The van der Waals surface area contributed by atoms with E-state index in [-0.39, 0.29) is 5.56 Å². The Balaban J connectivity index is 1.90. The number of carbonyl (C=O) groups is 1. The van der Waals surface area contributed by atoms with Gasteiger partial charge in [0.25, 0.3) is 5.91 Å². The molecule has 1 heterocycles. The van der Waals surface area contributed by atoms with Crippen molar-refractivity contribution < 1.29 is 9.18 Å². The van der Waals surface area contributed by atoms with E-state index < -0.39 is 11.7 Å². The fraction of sp³-hybridized carbons (Fsp3) is 0. The van der Waals surface area contributed by atoms with Gasteiger partial charge in [0.05, 0.1) is 23.0 Å². The zero-order valence-corrected chi connectivity index (χ0v) is 12.4. The molecular formula is C16H10BrFN2O. The molecule has 0 atom stereocenters. The fourth-order valence-electron chi connectivity index (χ4n) is 2.01. The number of hydrogen-bond donors (Lipinski definition) is 1. The molecule has 1 N–H and O–H groups in total. The molecule has 104 valence electrons. The van der Waals surface area contributed by atoms with E-state index in [1.54, 1.807) is 6.20 Å². The predicted octanol–water partition coefficient (Wildman–Crippen LogP) is 4.39. The summed E-state index contributed by atoms with van der Waals surface area (Å²) in [5, 5.41) is 3.64. The molecule has 5 heteroatoms. The van der Waals surface area contributed by atoms with Crippen LogP contribution in [0.4, 0.5) is 10.1 Å². The summed E-state index contributed by atoms with van der Waals surface area (Å²) in [7, 11) is 0. The minimum atomic E-state index is -0.458. The highest BCUT2D eigenvalue weighted by molar-refractivity contribution is 9.10. The molecular weight excluding hydrogens is 335 g/mol. The molecule has 3 rings (SSSR count). The van der Waals surface area contributed by atoms with Gasteiger partial charge in [-0.25, -0.2) is 4.39 Å². The second-order valence-electron chi connectivity index (χ2n) is 4.49. The van der Waals surface area contributed by atoms with E-state index in [9.17, 15) is 9.18 Å². The third-order valence-corrected chi connectivity index (χ3v) is 3.71. The Morgan fingerprint density at radius 1 is 1.14 bits per heavy atom. The fourth-order valence-corrected chi connectivity index (χ4v) is 2.44. The third-order valence-electron chi connectivity index (χ3n) is 3.02. The average Bonchev–Trinajstić information content (AvgIpc) is 2.49. The molecule has 0 unspecified atom stereocenters. The van der Waals surface area contributed by atoms with Crippen molar-refractivity contribution in [1.82, 2.24) is 4.98 Å². The molecule has 1 aromatic heterocycles. The second-order valence-corrected chi connectivity index (χ2v) is 5.35. The summed E-state index contributed by atoms with van der Waals surface area (Å²) in [4.78, 5) is 16.5. The number of nitrogens with one attached hydrogen (secondary N) is 1. The van der Waals surface area contributed by atoms with Crippen LogP contribution in [0.25, 0.3) is 10.9 Å². The first-order valence-electron chi connectivity index (χ1n) is 6.25. The SMILES string of the molecule is O=C(Nc1cnc2ccccc2c1)c1cc(F)ccc1Br. The lowest BCUT2D eigenvalue weighted by Gasteiger charge is -2.07. The van der Waals surface area contributed by atoms with Gasteiger partial charge in [-0.2, -0.15) is 0 Å². The molecule has 0 aliphatic rings. The molecule has 1 amide bonds. The first-order chi connectivity index (χ1) is 10.1. The van der Waals surface area contributed by atoms with Crippen LogP contribution in [0, 0.1) is 5.82 Å². The molecule has 3 aromatic rings. The zero-order valence-electron chi connectivity index (χ0n) is 10.8. The summed E-state index contributed by atoms with van der Waals surface area (Å²) < 4.78 is 13.8. The second kappa shape index (κ2) is 5.61. The van der Waals surface area contributed by atoms with Gasteiger partial charge in [-0.3, -0.25) is 9.78 Å². The Bertz CT molecular complexity index is 835. The lowest BCUT2D eigenvalue weighted by atomic mass is 10.2. The van der Waals surface area contributed by atoms with Gasteiger partial charge < -0.3 is 5.32 Å². The molecule has 0 spiro atoms. The quantitative estimate of drug-likeness (QED) is 0.749. The minimum absolute atomic E-state index is 0.239. The Morgan fingerprint density at radius 2 is 1.95 bits per heavy atom. The van der Waals surface area contributed by atoms with Crippen LogP contribution in [-0.2, 0) is 0 Å². The van der Waals surface area contributed by atoms with Crippen molar-refractivity contribution in [2.45, 2.75) is 0 Å². The van der Waals surface area contributed by atoms with Crippen LogP contribution in [0.15, 0.2) is 59.2 Å². The number of carbonyl (C=O) groups excluding carboxylic acids is 1. The van der Waals surface area contributed by atoms with E-state index in [2.05, 4.69) is 26.2 Å². The molecule has 0 aliphatic heterocycles. The Labute approximate surface area is 128 Å². The molecule has 0 saturated heterocycles. The molecule has 0 bridgehead atoms. The minimum Gasteiger partial charge on any atom is -0.321 e. The summed E-state index contributed by atoms with van der Waals surface area (Å²) in [6, 6.07) is 13.4. The highest BCUT2D eigenvalue weighted by Gasteiger charge is 2.11. The van der Waals surface area contributed by atoms with Crippen molar-refractivity contribution in [1.29, 1.82) is 0 Å². The number of para-hydroxylation sites is 1. The van der Waals surface area contributed by atoms with E-state index in [1.165, 1.54) is 18.2 Å². The summed E-state index contributed by atoms with van der Waals surface area (Å²) in [6.45, 7) is 0. The maximum atomic E-state index is 13.2. The average molecular weight is 345 g/mol. The van der Waals surface area contributed by atoms with Crippen molar-refractivity contribution in [3.05, 3.63) is 70.6 Å². The predicted molar refractivity (Wildman–Crippen MR) is 83.8 cm³/mol. The number of rotatable bonds is 2. The first-order valence-corrected chi connectivity index (χ1v) is 7.04. The van der Waals surface area contributed by atoms with Crippen molar-refractivity contribution in [2.75, 3.05) is 5.32 Å². The van der Waals surface area contributed by atoms with E-state index in [0.717, 1.165) is 10.9 Å². The molecule has 0 radical (unpaired) electrons. The third kappa shape index (κ3) is 2.92. The Kier molecular flexibility index (Phi) is 3.66. The molecule has 3 nitrogen and oxygen atoms in total. The van der Waals surface area contributed by atoms with Crippen LogP contribution < -0.4 is 5.32 Å². The zero-order chi connectivity index (χ0) is 14.8. The smallest absolute Gasteiger partial charge is 0.256 e. The van der Waals surface area contributed by atoms with Crippen molar-refractivity contribution in [3.63, 3.8) is 0 Å². The largest absolute Gasteiger partial charge is 0.321 e.